The van der Waals surface area contributed by atoms with Crippen molar-refractivity contribution in [2.75, 3.05) is 25.0 Å². The van der Waals surface area contributed by atoms with E-state index in [0.717, 1.165) is 12.2 Å². The van der Waals surface area contributed by atoms with Crippen molar-refractivity contribution in [3.63, 3.8) is 0 Å². The van der Waals surface area contributed by atoms with Crippen molar-refractivity contribution in [3.05, 3.63) is 30.1 Å². The minimum atomic E-state index is -0.0707. The van der Waals surface area contributed by atoms with Gasteiger partial charge >= 0.3 is 0 Å². The van der Waals surface area contributed by atoms with Crippen LogP contribution in [0, 0.1) is 6.92 Å². The number of benzene rings is 1. The Bertz CT molecular complexity index is 650. The fourth-order valence-electron chi connectivity index (χ4n) is 2.36. The van der Waals surface area contributed by atoms with Crippen LogP contribution >= 0.6 is 0 Å². The Hall–Kier alpha value is -2.32. The molecule has 0 spiro atoms. The molecule has 0 bridgehead atoms. The lowest BCUT2D eigenvalue weighted by molar-refractivity contribution is -0.119. The van der Waals surface area contributed by atoms with Gasteiger partial charge in [0.05, 0.1) is 24.8 Å². The first kappa shape index (κ1) is 14.6. The number of carbonyl (C=O) groups excluding carboxylic acids is 1. The highest BCUT2D eigenvalue weighted by atomic mass is 16.5. The predicted molar refractivity (Wildman–Crippen MR) is 79.7 cm³/mol. The van der Waals surface area contributed by atoms with E-state index in [0.29, 0.717) is 31.1 Å². The van der Waals surface area contributed by atoms with Crippen LogP contribution in [-0.4, -0.2) is 51.9 Å². The normalized spacial score (nSPS) is 18.1. The minimum absolute atomic E-state index is 0.0701. The average molecular weight is 302 g/mol. The zero-order chi connectivity index (χ0) is 15.4. The molecule has 8 heteroatoms. The summed E-state index contributed by atoms with van der Waals surface area (Å²) in [5.74, 6) is 0.615. The largest absolute Gasteiger partial charge is 0.375 e. The Morgan fingerprint density at radius 3 is 3.18 bits per heavy atom. The average Bonchev–Trinajstić information content (AvgIpc) is 2.94. The topological polar surface area (TPSA) is 94.0 Å². The Morgan fingerprint density at radius 1 is 1.55 bits per heavy atom. The third-order valence-electron chi connectivity index (χ3n) is 3.42. The number of hydrogen-bond acceptors (Lipinski definition) is 6. The van der Waals surface area contributed by atoms with Crippen LogP contribution in [-0.2, 0) is 9.53 Å². The third kappa shape index (κ3) is 3.46. The number of carbonyl (C=O) groups is 1. The number of amides is 1. The molecule has 0 saturated carbocycles. The molecule has 0 aliphatic carbocycles. The van der Waals surface area contributed by atoms with Crippen LogP contribution in [0.25, 0.3) is 5.69 Å². The summed E-state index contributed by atoms with van der Waals surface area (Å²) in [7, 11) is 0. The van der Waals surface area contributed by atoms with E-state index < -0.39 is 0 Å². The Balaban J connectivity index is 1.65. The Kier molecular flexibility index (Phi) is 4.40. The molecule has 0 radical (unpaired) electrons. The molecule has 1 unspecified atom stereocenters. The molecule has 22 heavy (non-hydrogen) atoms. The first-order chi connectivity index (χ1) is 10.7. The molecule has 2 N–H and O–H groups in total. The summed E-state index contributed by atoms with van der Waals surface area (Å²) in [4.78, 5) is 12.1. The second kappa shape index (κ2) is 6.63. The standard InChI is InChI=1S/C14H18N6O2/c1-10-17-18-19-20(10)12-4-2-3-11(7-12)16-14(21)8-13-9-15-5-6-22-13/h2-4,7,13,15H,5-6,8-9H2,1H3,(H,16,21). The molecule has 1 fully saturated rings. The second-order valence-electron chi connectivity index (χ2n) is 5.14. The zero-order valence-corrected chi connectivity index (χ0v) is 12.3. The number of nitrogens with one attached hydrogen (secondary N) is 2. The molecular formula is C14H18N6O2. The Labute approximate surface area is 127 Å². The minimum Gasteiger partial charge on any atom is -0.375 e. The molecule has 1 amide bonds. The van der Waals surface area contributed by atoms with Crippen molar-refractivity contribution in [1.29, 1.82) is 0 Å². The van der Waals surface area contributed by atoms with Crippen LogP contribution in [0.4, 0.5) is 5.69 Å². The van der Waals surface area contributed by atoms with Crippen molar-refractivity contribution in [2.45, 2.75) is 19.4 Å². The number of morpholine rings is 1. The molecule has 116 valence electrons. The van der Waals surface area contributed by atoms with Crippen molar-refractivity contribution >= 4 is 11.6 Å². The van der Waals surface area contributed by atoms with E-state index in [1.54, 1.807) is 4.68 Å². The lowest BCUT2D eigenvalue weighted by Crippen LogP contribution is -2.40. The number of tetrazole rings is 1. The van der Waals surface area contributed by atoms with Crippen molar-refractivity contribution in [3.8, 4) is 5.69 Å². The van der Waals surface area contributed by atoms with Crippen LogP contribution < -0.4 is 10.6 Å². The molecule has 1 aliphatic rings. The van der Waals surface area contributed by atoms with E-state index in [1.807, 2.05) is 31.2 Å². The summed E-state index contributed by atoms with van der Waals surface area (Å²) in [5, 5.41) is 17.5. The molecule has 1 aromatic heterocycles. The highest BCUT2D eigenvalue weighted by Crippen LogP contribution is 2.15. The van der Waals surface area contributed by atoms with Gasteiger partial charge in [-0.3, -0.25) is 4.79 Å². The summed E-state index contributed by atoms with van der Waals surface area (Å²) in [6.07, 6.45) is 0.264. The number of aromatic nitrogens is 4. The van der Waals surface area contributed by atoms with Gasteiger partial charge in [-0.1, -0.05) is 6.07 Å². The van der Waals surface area contributed by atoms with Gasteiger partial charge in [0.25, 0.3) is 0 Å². The zero-order valence-electron chi connectivity index (χ0n) is 12.3. The fraction of sp³-hybridized carbons (Fsp3) is 0.429. The van der Waals surface area contributed by atoms with Crippen LogP contribution in [0.1, 0.15) is 12.2 Å². The molecule has 3 rings (SSSR count). The van der Waals surface area contributed by atoms with Gasteiger partial charge in [0.2, 0.25) is 5.91 Å². The van der Waals surface area contributed by atoms with E-state index in [-0.39, 0.29) is 12.0 Å². The monoisotopic (exact) mass is 302 g/mol. The van der Waals surface area contributed by atoms with E-state index in [2.05, 4.69) is 26.2 Å². The summed E-state index contributed by atoms with van der Waals surface area (Å²) < 4.78 is 7.15. The summed E-state index contributed by atoms with van der Waals surface area (Å²) in [5.41, 5.74) is 1.51. The molecule has 2 aromatic rings. The first-order valence-corrected chi connectivity index (χ1v) is 7.20. The van der Waals surface area contributed by atoms with Crippen molar-refractivity contribution < 1.29 is 9.53 Å². The number of hydrogen-bond donors (Lipinski definition) is 2. The highest BCUT2D eigenvalue weighted by Gasteiger charge is 2.17. The van der Waals surface area contributed by atoms with Crippen LogP contribution in [0.3, 0.4) is 0 Å². The fourth-order valence-corrected chi connectivity index (χ4v) is 2.36. The second-order valence-corrected chi connectivity index (χ2v) is 5.14. The quantitative estimate of drug-likeness (QED) is 0.843. The molecule has 1 aliphatic heterocycles. The highest BCUT2D eigenvalue weighted by molar-refractivity contribution is 5.91. The van der Waals surface area contributed by atoms with Gasteiger partial charge in [0.15, 0.2) is 5.82 Å². The van der Waals surface area contributed by atoms with Crippen molar-refractivity contribution in [2.24, 2.45) is 0 Å². The van der Waals surface area contributed by atoms with Gasteiger partial charge in [-0.05, 0) is 35.5 Å². The predicted octanol–water partition coefficient (Wildman–Crippen LogP) is 0.288. The maximum absolute atomic E-state index is 12.1. The SMILES string of the molecule is Cc1nnnn1-c1cccc(NC(=O)CC2CNCCO2)c1. The van der Waals surface area contributed by atoms with E-state index >= 15 is 0 Å². The maximum Gasteiger partial charge on any atom is 0.227 e. The molecule has 8 nitrogen and oxygen atoms in total. The lowest BCUT2D eigenvalue weighted by Gasteiger charge is -2.23. The summed E-state index contributed by atoms with van der Waals surface area (Å²) in [6, 6.07) is 7.40. The van der Waals surface area contributed by atoms with Crippen LogP contribution in [0.5, 0.6) is 0 Å². The van der Waals surface area contributed by atoms with Crippen LogP contribution in [0.15, 0.2) is 24.3 Å². The maximum atomic E-state index is 12.1. The van der Waals surface area contributed by atoms with E-state index in [9.17, 15) is 4.79 Å². The first-order valence-electron chi connectivity index (χ1n) is 7.20. The molecule has 1 atom stereocenters. The van der Waals surface area contributed by atoms with E-state index in [4.69, 9.17) is 4.74 Å². The molecule has 2 heterocycles. The number of rotatable bonds is 4. The number of aryl methyl sites for hydroxylation is 1. The summed E-state index contributed by atoms with van der Waals surface area (Å²) in [6.45, 7) is 4.01. The Morgan fingerprint density at radius 2 is 2.45 bits per heavy atom. The van der Waals surface area contributed by atoms with Crippen molar-refractivity contribution in [1.82, 2.24) is 25.5 Å². The number of anilines is 1. The number of ether oxygens (including phenoxy) is 1. The van der Waals surface area contributed by atoms with Crippen LogP contribution in [0.2, 0.25) is 0 Å². The molecule has 1 aromatic carbocycles. The van der Waals surface area contributed by atoms with Gasteiger partial charge < -0.3 is 15.4 Å². The third-order valence-corrected chi connectivity index (χ3v) is 3.42. The van der Waals surface area contributed by atoms with Gasteiger partial charge in [-0.15, -0.1) is 5.10 Å². The van der Waals surface area contributed by atoms with E-state index in [1.165, 1.54) is 0 Å². The molecular weight excluding hydrogens is 284 g/mol. The van der Waals surface area contributed by atoms with Gasteiger partial charge in [0.1, 0.15) is 0 Å². The summed E-state index contributed by atoms with van der Waals surface area (Å²) >= 11 is 0. The number of nitrogens with zero attached hydrogens (tertiary/aromatic N) is 4. The smallest absolute Gasteiger partial charge is 0.227 e. The van der Waals surface area contributed by atoms with Gasteiger partial charge in [-0.2, -0.15) is 4.68 Å². The lowest BCUT2D eigenvalue weighted by atomic mass is 10.2. The van der Waals surface area contributed by atoms with Gasteiger partial charge in [0, 0.05) is 18.8 Å². The van der Waals surface area contributed by atoms with Gasteiger partial charge in [-0.25, -0.2) is 0 Å². The molecule has 1 saturated heterocycles.